The Bertz CT molecular complexity index is 617. The highest BCUT2D eigenvalue weighted by Crippen LogP contribution is 2.82. The summed E-state index contributed by atoms with van der Waals surface area (Å²) in [4.78, 5) is 0. The van der Waals surface area contributed by atoms with E-state index in [-0.39, 0.29) is 6.15 Å². The number of aliphatic hydroxyl groups is 1. The van der Waals surface area contributed by atoms with E-state index < -0.39 is 0 Å². The van der Waals surface area contributed by atoms with Gasteiger partial charge in [-0.05, 0) is 102 Å². The molecule has 6 rings (SSSR count). The molecule has 11 unspecified atom stereocenters. The molecular formula is C25H43NO. The molecule has 0 aromatic rings. The van der Waals surface area contributed by atoms with Gasteiger partial charge in [-0.15, -0.1) is 0 Å². The van der Waals surface area contributed by atoms with Gasteiger partial charge in [0.2, 0.25) is 0 Å². The molecule has 6 aliphatic carbocycles. The van der Waals surface area contributed by atoms with E-state index in [1.165, 1.54) is 12.8 Å². The van der Waals surface area contributed by atoms with Crippen LogP contribution in [-0.2, 0) is 0 Å². The van der Waals surface area contributed by atoms with Crippen molar-refractivity contribution in [3.63, 3.8) is 0 Å². The van der Waals surface area contributed by atoms with E-state index in [9.17, 15) is 0 Å². The van der Waals surface area contributed by atoms with Gasteiger partial charge in [0.05, 0.1) is 6.26 Å². The molecule has 0 radical (unpaired) electrons. The topological polar surface area (TPSA) is 55.2 Å². The number of aliphatic hydroxyl groups excluding tert-OH is 1. The SMILES string of the molecule is C=CO.CC1C2CC2C2C3C4CC4C4(C)CCCCC4(C)C3CCC12C.N. The third-order valence-electron chi connectivity index (χ3n) is 11.6. The summed E-state index contributed by atoms with van der Waals surface area (Å²) in [5.74, 6) is 8.92. The number of hydrogen-bond donors (Lipinski definition) is 2. The number of hydrogen-bond acceptors (Lipinski definition) is 2. The van der Waals surface area contributed by atoms with Crippen molar-refractivity contribution in [2.45, 2.75) is 79.1 Å². The van der Waals surface area contributed by atoms with Crippen LogP contribution in [0.2, 0.25) is 0 Å². The summed E-state index contributed by atoms with van der Waals surface area (Å²) in [6, 6.07) is 0. The molecule has 0 heterocycles. The molecule has 4 N–H and O–H groups in total. The first-order valence-electron chi connectivity index (χ1n) is 11.6. The second kappa shape index (κ2) is 6.00. The van der Waals surface area contributed by atoms with Crippen molar-refractivity contribution in [2.75, 3.05) is 0 Å². The van der Waals surface area contributed by atoms with Gasteiger partial charge in [-0.1, -0.05) is 47.1 Å². The Balaban J connectivity index is 0.000000425. The van der Waals surface area contributed by atoms with Crippen molar-refractivity contribution >= 4 is 0 Å². The first-order chi connectivity index (χ1) is 12.3. The van der Waals surface area contributed by atoms with Gasteiger partial charge in [-0.2, -0.15) is 0 Å². The molecule has 6 saturated carbocycles. The highest BCUT2D eigenvalue weighted by atomic mass is 16.2. The minimum absolute atomic E-state index is 0. The normalized spacial score (nSPS) is 61.3. The molecule has 2 heteroatoms. The Labute approximate surface area is 167 Å². The first kappa shape index (κ1) is 19.8. The molecule has 0 saturated heterocycles. The quantitative estimate of drug-likeness (QED) is 0.449. The van der Waals surface area contributed by atoms with E-state index in [1.807, 2.05) is 0 Å². The van der Waals surface area contributed by atoms with Gasteiger partial charge in [0.25, 0.3) is 0 Å². The molecule has 6 aliphatic rings. The van der Waals surface area contributed by atoms with Crippen molar-refractivity contribution in [3.05, 3.63) is 12.8 Å². The van der Waals surface area contributed by atoms with Crippen LogP contribution in [0.4, 0.5) is 0 Å². The van der Waals surface area contributed by atoms with Crippen LogP contribution in [0.5, 0.6) is 0 Å². The smallest absolute Gasteiger partial charge is 0.0719 e. The Kier molecular flexibility index (Phi) is 4.40. The lowest BCUT2D eigenvalue weighted by Crippen LogP contribution is -2.58. The zero-order valence-electron chi connectivity index (χ0n) is 18.2. The fourth-order valence-corrected chi connectivity index (χ4v) is 9.99. The number of fused-ring (bicyclic) bond motifs is 10. The molecular weight excluding hydrogens is 330 g/mol. The summed E-state index contributed by atoms with van der Waals surface area (Å²) in [6.45, 7) is 13.8. The lowest BCUT2D eigenvalue weighted by molar-refractivity contribution is -0.163. The van der Waals surface area contributed by atoms with Gasteiger partial charge in [0, 0.05) is 0 Å². The second-order valence-corrected chi connectivity index (χ2v) is 11.8. The molecule has 0 aromatic heterocycles. The zero-order valence-corrected chi connectivity index (χ0v) is 18.2. The maximum Gasteiger partial charge on any atom is 0.0719 e. The van der Waals surface area contributed by atoms with Gasteiger partial charge in [0.1, 0.15) is 0 Å². The van der Waals surface area contributed by atoms with Gasteiger partial charge < -0.3 is 11.3 Å². The summed E-state index contributed by atoms with van der Waals surface area (Å²) in [6.07, 6.45) is 13.3. The molecule has 2 nitrogen and oxygen atoms in total. The number of rotatable bonds is 0. The Morgan fingerprint density at radius 1 is 0.889 bits per heavy atom. The summed E-state index contributed by atoms with van der Waals surface area (Å²) in [5, 5.41) is 7.33. The molecule has 0 aliphatic heterocycles. The predicted molar refractivity (Wildman–Crippen MR) is 113 cm³/mol. The van der Waals surface area contributed by atoms with E-state index in [2.05, 4.69) is 34.3 Å². The van der Waals surface area contributed by atoms with Crippen LogP contribution in [0.15, 0.2) is 12.8 Å². The molecule has 11 atom stereocenters. The van der Waals surface area contributed by atoms with Gasteiger partial charge in [-0.3, -0.25) is 0 Å². The van der Waals surface area contributed by atoms with Crippen LogP contribution in [0, 0.1) is 63.6 Å². The first-order valence-corrected chi connectivity index (χ1v) is 11.6. The van der Waals surface area contributed by atoms with E-state index in [1.54, 1.807) is 38.5 Å². The fourth-order valence-electron chi connectivity index (χ4n) is 9.99. The molecule has 0 aromatic carbocycles. The Hall–Kier alpha value is -0.500. The highest BCUT2D eigenvalue weighted by Gasteiger charge is 2.76. The Morgan fingerprint density at radius 3 is 2.11 bits per heavy atom. The molecule has 154 valence electrons. The third-order valence-corrected chi connectivity index (χ3v) is 11.6. The molecule has 0 amide bonds. The van der Waals surface area contributed by atoms with E-state index in [0.29, 0.717) is 10.8 Å². The third kappa shape index (κ3) is 2.23. The van der Waals surface area contributed by atoms with Gasteiger partial charge >= 0.3 is 0 Å². The second-order valence-electron chi connectivity index (χ2n) is 11.8. The summed E-state index contributed by atoms with van der Waals surface area (Å²) in [5.41, 5.74) is 2.11. The maximum absolute atomic E-state index is 7.33. The van der Waals surface area contributed by atoms with Crippen LogP contribution < -0.4 is 6.15 Å². The average Bonchev–Trinajstić information content (AvgIpc) is 3.49. The minimum atomic E-state index is 0. The average molecular weight is 374 g/mol. The molecule has 6 fully saturated rings. The highest BCUT2D eigenvalue weighted by molar-refractivity contribution is 5.24. The maximum atomic E-state index is 7.33. The van der Waals surface area contributed by atoms with Crippen LogP contribution in [0.3, 0.4) is 0 Å². The zero-order chi connectivity index (χ0) is 18.5. The van der Waals surface area contributed by atoms with Crippen molar-refractivity contribution in [1.82, 2.24) is 6.15 Å². The lowest BCUT2D eigenvalue weighted by atomic mass is 9.40. The van der Waals surface area contributed by atoms with E-state index >= 15 is 0 Å². The molecule has 27 heavy (non-hydrogen) atoms. The Morgan fingerprint density at radius 2 is 1.48 bits per heavy atom. The van der Waals surface area contributed by atoms with Crippen LogP contribution in [0.25, 0.3) is 0 Å². The van der Waals surface area contributed by atoms with Crippen LogP contribution >= 0.6 is 0 Å². The van der Waals surface area contributed by atoms with Gasteiger partial charge in [0.15, 0.2) is 0 Å². The minimum Gasteiger partial charge on any atom is -0.516 e. The predicted octanol–water partition coefficient (Wildman–Crippen LogP) is 7.01. The van der Waals surface area contributed by atoms with Crippen molar-refractivity contribution < 1.29 is 5.11 Å². The van der Waals surface area contributed by atoms with E-state index in [4.69, 9.17) is 5.11 Å². The van der Waals surface area contributed by atoms with Gasteiger partial charge in [-0.25, -0.2) is 0 Å². The molecule has 0 spiro atoms. The van der Waals surface area contributed by atoms with E-state index in [0.717, 1.165) is 59.0 Å². The monoisotopic (exact) mass is 373 g/mol. The lowest BCUT2D eigenvalue weighted by Gasteiger charge is -2.65. The van der Waals surface area contributed by atoms with Crippen molar-refractivity contribution in [1.29, 1.82) is 0 Å². The fraction of sp³-hybridized carbons (Fsp3) is 0.920. The summed E-state index contributed by atoms with van der Waals surface area (Å²) in [7, 11) is 0. The van der Waals surface area contributed by atoms with Crippen molar-refractivity contribution in [3.8, 4) is 0 Å². The van der Waals surface area contributed by atoms with Crippen LogP contribution in [-0.4, -0.2) is 5.11 Å². The summed E-state index contributed by atoms with van der Waals surface area (Å²) < 4.78 is 0. The van der Waals surface area contributed by atoms with Crippen molar-refractivity contribution in [2.24, 2.45) is 63.6 Å². The van der Waals surface area contributed by atoms with Crippen LogP contribution in [0.1, 0.15) is 79.1 Å². The largest absolute Gasteiger partial charge is 0.516 e. The standard InChI is InChI=1S/C23H36.C2H4O.H3N/c1-13-14-11-15(14)20-19-16-12-18(16)23(4)9-6-5-8-22(23,3)17(19)7-10-21(13,20)2;1-2-3;/h13-20H,5-12H2,1-4H3;2-3H,1H2;1H3. The molecule has 0 bridgehead atoms. The summed E-state index contributed by atoms with van der Waals surface area (Å²) >= 11 is 0.